The number of alkyl halides is 6. The summed E-state index contributed by atoms with van der Waals surface area (Å²) in [5.41, 5.74) is 7.72. The summed E-state index contributed by atoms with van der Waals surface area (Å²) in [6.45, 7) is -0.0406. The van der Waals surface area contributed by atoms with E-state index in [-0.39, 0.29) is 50.4 Å². The SMILES string of the molecule is CNc1cc(N2CCN(CC(F)(F)F)CC2)c(C(=O)N[C@H]2CC[C@H](C(F)(F)F)CC2)cc1N. The van der Waals surface area contributed by atoms with Crippen molar-refractivity contribution in [2.75, 3.05) is 55.7 Å². The molecule has 2 aliphatic rings. The van der Waals surface area contributed by atoms with Crippen LogP contribution in [-0.2, 0) is 0 Å². The maximum atomic E-state index is 13.1. The van der Waals surface area contributed by atoms with Gasteiger partial charge >= 0.3 is 12.4 Å². The van der Waals surface area contributed by atoms with Gasteiger partial charge in [0.15, 0.2) is 0 Å². The minimum absolute atomic E-state index is 0.0384. The number of halogens is 6. The number of nitrogens with two attached hydrogens (primary N) is 1. The number of nitrogens with one attached hydrogen (secondary N) is 2. The summed E-state index contributed by atoms with van der Waals surface area (Å²) >= 11 is 0. The van der Waals surface area contributed by atoms with Crippen molar-refractivity contribution in [1.82, 2.24) is 10.2 Å². The zero-order chi connectivity index (χ0) is 24.4. The van der Waals surface area contributed by atoms with Crippen molar-refractivity contribution in [3.8, 4) is 0 Å². The van der Waals surface area contributed by atoms with Gasteiger partial charge < -0.3 is 21.3 Å². The number of carbonyl (C=O) groups excluding carboxylic acids is 1. The van der Waals surface area contributed by atoms with E-state index < -0.39 is 30.7 Å². The van der Waals surface area contributed by atoms with Crippen molar-refractivity contribution in [2.24, 2.45) is 5.92 Å². The number of benzene rings is 1. The van der Waals surface area contributed by atoms with Crippen LogP contribution >= 0.6 is 0 Å². The fraction of sp³-hybridized carbons (Fsp3) is 0.667. The Bertz CT molecular complexity index is 828. The standard InChI is InChI=1S/C21H29F6N5O/c1-29-17-11-18(32-8-6-31(7-9-32)12-20(22,23)24)15(10-16(17)28)19(33)30-14-4-2-13(3-5-14)21(25,26)27/h10-11,13-14,29H,2-9,12,28H2,1H3,(H,30,33)/t13-,14-. The lowest BCUT2D eigenvalue weighted by Gasteiger charge is -2.37. The number of carbonyl (C=O) groups is 1. The van der Waals surface area contributed by atoms with Crippen molar-refractivity contribution < 1.29 is 31.1 Å². The van der Waals surface area contributed by atoms with Gasteiger partial charge in [0.2, 0.25) is 0 Å². The van der Waals surface area contributed by atoms with E-state index >= 15 is 0 Å². The molecule has 0 atom stereocenters. The van der Waals surface area contributed by atoms with Crippen LogP contribution in [0.5, 0.6) is 0 Å². The van der Waals surface area contributed by atoms with Gasteiger partial charge in [-0.15, -0.1) is 0 Å². The Morgan fingerprint density at radius 2 is 1.64 bits per heavy atom. The number of piperazine rings is 1. The smallest absolute Gasteiger partial charge is 0.397 e. The molecule has 6 nitrogen and oxygen atoms in total. The zero-order valence-electron chi connectivity index (χ0n) is 18.3. The lowest BCUT2D eigenvalue weighted by molar-refractivity contribution is -0.182. The molecular weight excluding hydrogens is 452 g/mol. The molecule has 0 spiro atoms. The van der Waals surface area contributed by atoms with Crippen LogP contribution in [0.2, 0.25) is 0 Å². The monoisotopic (exact) mass is 481 g/mol. The zero-order valence-corrected chi connectivity index (χ0v) is 18.3. The van der Waals surface area contributed by atoms with Gasteiger partial charge in [-0.25, -0.2) is 0 Å². The average molecular weight is 481 g/mol. The predicted molar refractivity (Wildman–Crippen MR) is 114 cm³/mol. The van der Waals surface area contributed by atoms with Crippen LogP contribution in [0.3, 0.4) is 0 Å². The first-order valence-electron chi connectivity index (χ1n) is 10.9. The second-order valence-electron chi connectivity index (χ2n) is 8.65. The summed E-state index contributed by atoms with van der Waals surface area (Å²) in [6, 6.07) is 2.81. The highest BCUT2D eigenvalue weighted by atomic mass is 19.4. The average Bonchev–Trinajstić information content (AvgIpc) is 2.73. The summed E-state index contributed by atoms with van der Waals surface area (Å²) in [6.07, 6.45) is -8.13. The molecule has 186 valence electrons. The minimum atomic E-state index is -4.28. The molecule has 1 aromatic carbocycles. The van der Waals surface area contributed by atoms with E-state index in [9.17, 15) is 31.1 Å². The fourth-order valence-corrected chi connectivity index (χ4v) is 4.49. The summed E-state index contributed by atoms with van der Waals surface area (Å²) in [5.74, 6) is -1.80. The first-order valence-corrected chi connectivity index (χ1v) is 10.9. The summed E-state index contributed by atoms with van der Waals surface area (Å²) in [7, 11) is 1.66. The highest BCUT2D eigenvalue weighted by Crippen LogP contribution is 2.38. The van der Waals surface area contributed by atoms with Crippen molar-refractivity contribution >= 4 is 23.0 Å². The molecule has 2 fully saturated rings. The molecule has 12 heteroatoms. The molecule has 0 radical (unpaired) electrons. The van der Waals surface area contributed by atoms with E-state index in [1.165, 1.54) is 11.0 Å². The number of hydrogen-bond donors (Lipinski definition) is 3. The molecule has 1 aromatic rings. The van der Waals surface area contributed by atoms with Crippen molar-refractivity contribution in [3.05, 3.63) is 17.7 Å². The number of nitrogen functional groups attached to an aromatic ring is 1. The predicted octanol–water partition coefficient (Wildman–Crippen LogP) is 3.85. The molecule has 3 rings (SSSR count). The van der Waals surface area contributed by atoms with Gasteiger partial charge in [0, 0.05) is 39.3 Å². The van der Waals surface area contributed by atoms with Crippen LogP contribution in [0.25, 0.3) is 0 Å². The summed E-state index contributed by atoms with van der Waals surface area (Å²) in [4.78, 5) is 16.2. The highest BCUT2D eigenvalue weighted by Gasteiger charge is 2.41. The molecule has 0 aromatic heterocycles. The third-order valence-electron chi connectivity index (χ3n) is 6.32. The normalized spacial score (nSPS) is 22.8. The van der Waals surface area contributed by atoms with Crippen LogP contribution < -0.4 is 21.3 Å². The minimum Gasteiger partial charge on any atom is -0.397 e. The van der Waals surface area contributed by atoms with Crippen LogP contribution in [0.4, 0.5) is 43.4 Å². The Morgan fingerprint density at radius 3 is 2.15 bits per heavy atom. The molecule has 1 aliphatic carbocycles. The van der Waals surface area contributed by atoms with Gasteiger partial charge in [0.1, 0.15) is 0 Å². The van der Waals surface area contributed by atoms with E-state index in [1.54, 1.807) is 13.1 Å². The molecule has 1 aliphatic heterocycles. The molecular formula is C21H29F6N5O. The van der Waals surface area contributed by atoms with Gasteiger partial charge in [-0.05, 0) is 37.8 Å². The van der Waals surface area contributed by atoms with Gasteiger partial charge in [-0.1, -0.05) is 0 Å². The molecule has 33 heavy (non-hydrogen) atoms. The molecule has 1 amide bonds. The summed E-state index contributed by atoms with van der Waals surface area (Å²) < 4.78 is 76.8. The van der Waals surface area contributed by atoms with E-state index in [0.29, 0.717) is 30.2 Å². The Morgan fingerprint density at radius 1 is 1.03 bits per heavy atom. The quantitative estimate of drug-likeness (QED) is 0.440. The molecule has 1 saturated carbocycles. The number of rotatable bonds is 5. The Kier molecular flexibility index (Phi) is 7.55. The highest BCUT2D eigenvalue weighted by molar-refractivity contribution is 6.02. The molecule has 1 heterocycles. The van der Waals surface area contributed by atoms with Gasteiger partial charge in [0.25, 0.3) is 5.91 Å². The van der Waals surface area contributed by atoms with Crippen molar-refractivity contribution in [2.45, 2.75) is 44.1 Å². The molecule has 0 bridgehead atoms. The maximum Gasteiger partial charge on any atom is 0.401 e. The van der Waals surface area contributed by atoms with Crippen LogP contribution in [-0.4, -0.2) is 69.0 Å². The number of amides is 1. The van der Waals surface area contributed by atoms with E-state index in [0.717, 1.165) is 0 Å². The number of hydrogen-bond acceptors (Lipinski definition) is 5. The van der Waals surface area contributed by atoms with Crippen LogP contribution in [0.1, 0.15) is 36.0 Å². The van der Waals surface area contributed by atoms with Crippen LogP contribution in [0, 0.1) is 5.92 Å². The largest absolute Gasteiger partial charge is 0.401 e. The Hall–Kier alpha value is -2.37. The Balaban J connectivity index is 1.72. The molecule has 1 saturated heterocycles. The van der Waals surface area contributed by atoms with E-state index in [2.05, 4.69) is 10.6 Å². The van der Waals surface area contributed by atoms with Crippen molar-refractivity contribution in [1.29, 1.82) is 0 Å². The Labute approximate surface area is 188 Å². The van der Waals surface area contributed by atoms with E-state index in [1.807, 2.05) is 4.90 Å². The molecule has 4 N–H and O–H groups in total. The lowest BCUT2D eigenvalue weighted by Crippen LogP contribution is -2.49. The fourth-order valence-electron chi connectivity index (χ4n) is 4.49. The topological polar surface area (TPSA) is 73.6 Å². The van der Waals surface area contributed by atoms with Crippen molar-refractivity contribution in [3.63, 3.8) is 0 Å². The van der Waals surface area contributed by atoms with Crippen LogP contribution in [0.15, 0.2) is 12.1 Å². The third-order valence-corrected chi connectivity index (χ3v) is 6.32. The van der Waals surface area contributed by atoms with Gasteiger partial charge in [0.05, 0.1) is 35.1 Å². The molecule has 0 unspecified atom stereocenters. The lowest BCUT2D eigenvalue weighted by atomic mass is 9.85. The first-order chi connectivity index (χ1) is 15.4. The maximum absolute atomic E-state index is 13.1. The second kappa shape index (κ2) is 9.86. The van der Waals surface area contributed by atoms with Gasteiger partial charge in [-0.3, -0.25) is 9.69 Å². The summed E-state index contributed by atoms with van der Waals surface area (Å²) in [5, 5.41) is 5.76. The van der Waals surface area contributed by atoms with Gasteiger partial charge in [-0.2, -0.15) is 26.3 Å². The number of nitrogens with zero attached hydrogens (tertiary/aromatic N) is 2. The second-order valence-corrected chi connectivity index (χ2v) is 8.65. The number of anilines is 3. The first kappa shape index (κ1) is 25.3. The van der Waals surface area contributed by atoms with E-state index in [4.69, 9.17) is 5.73 Å². The third kappa shape index (κ3) is 6.58.